The molecule has 2 N–H and O–H groups in total. The van der Waals surface area contributed by atoms with Gasteiger partial charge in [0.25, 0.3) is 5.91 Å². The third kappa shape index (κ3) is 4.07. The Hall–Kier alpha value is -1.78. The van der Waals surface area contributed by atoms with Crippen LogP contribution in [0.1, 0.15) is 35.7 Å². The Morgan fingerprint density at radius 2 is 1.80 bits per heavy atom. The molecule has 3 rings (SSSR count). The van der Waals surface area contributed by atoms with E-state index in [9.17, 15) is 4.79 Å². The molecule has 132 valence electrons. The van der Waals surface area contributed by atoms with E-state index in [1.807, 2.05) is 35.2 Å². The van der Waals surface area contributed by atoms with Crippen molar-refractivity contribution in [1.82, 2.24) is 4.90 Å². The molecule has 3 nitrogen and oxygen atoms in total. The molecule has 1 aliphatic heterocycles. The van der Waals surface area contributed by atoms with Gasteiger partial charge in [0.15, 0.2) is 0 Å². The second-order valence-electron chi connectivity index (χ2n) is 6.89. The van der Waals surface area contributed by atoms with Crippen LogP contribution in [0, 0.1) is 5.92 Å². The summed E-state index contributed by atoms with van der Waals surface area (Å²) in [6, 6.07) is 18.4. The van der Waals surface area contributed by atoms with Gasteiger partial charge in [-0.25, -0.2) is 0 Å². The van der Waals surface area contributed by atoms with Crippen molar-refractivity contribution in [2.45, 2.75) is 29.9 Å². The number of likely N-dealkylation sites (tertiary alicyclic amines) is 1. The number of carbonyl (C=O) groups excluding carboxylic acids is 1. The first-order chi connectivity index (χ1) is 12.1. The molecule has 2 aromatic carbocycles. The first-order valence-corrected chi connectivity index (χ1v) is 9.78. The SMILES string of the molecule is CC(C)Sc1ccccc1C(=O)N1C[C@@H](CN)[C@H](c2ccccc2)C1. The Morgan fingerprint density at radius 1 is 1.12 bits per heavy atom. The molecule has 1 aliphatic rings. The second-order valence-corrected chi connectivity index (χ2v) is 8.50. The predicted molar refractivity (Wildman–Crippen MR) is 105 cm³/mol. The summed E-state index contributed by atoms with van der Waals surface area (Å²) in [7, 11) is 0. The number of amides is 1. The molecule has 0 bridgehead atoms. The molecule has 1 saturated heterocycles. The first kappa shape index (κ1) is 18.0. The standard InChI is InChI=1S/C21H26N2OS/c1-15(2)25-20-11-7-6-10-18(20)21(24)23-13-17(12-22)19(14-23)16-8-4-3-5-9-16/h3-11,15,17,19H,12-14,22H2,1-2H3/t17-,19+/m1/s1. The minimum atomic E-state index is 0.126. The number of hydrogen-bond acceptors (Lipinski definition) is 3. The van der Waals surface area contributed by atoms with Crippen LogP contribution in [0.15, 0.2) is 59.5 Å². The Labute approximate surface area is 154 Å². The summed E-state index contributed by atoms with van der Waals surface area (Å²) in [6.07, 6.45) is 0. The maximum atomic E-state index is 13.2. The van der Waals surface area contributed by atoms with E-state index >= 15 is 0 Å². The van der Waals surface area contributed by atoms with Gasteiger partial charge in [0.1, 0.15) is 0 Å². The van der Waals surface area contributed by atoms with Crippen molar-refractivity contribution in [3.05, 3.63) is 65.7 Å². The van der Waals surface area contributed by atoms with E-state index in [1.165, 1.54) is 5.56 Å². The zero-order valence-electron chi connectivity index (χ0n) is 14.9. The van der Waals surface area contributed by atoms with E-state index in [4.69, 9.17) is 5.73 Å². The van der Waals surface area contributed by atoms with E-state index in [1.54, 1.807) is 11.8 Å². The lowest BCUT2D eigenvalue weighted by molar-refractivity contribution is 0.0783. The number of nitrogens with zero attached hydrogens (tertiary/aromatic N) is 1. The zero-order valence-corrected chi connectivity index (χ0v) is 15.7. The highest BCUT2D eigenvalue weighted by Gasteiger charge is 2.36. The third-order valence-electron chi connectivity index (χ3n) is 4.74. The van der Waals surface area contributed by atoms with Crippen LogP contribution in [0.25, 0.3) is 0 Å². The maximum absolute atomic E-state index is 13.2. The van der Waals surface area contributed by atoms with E-state index in [0.717, 1.165) is 23.5 Å². The van der Waals surface area contributed by atoms with Gasteiger partial charge in [-0.15, -0.1) is 11.8 Å². The van der Waals surface area contributed by atoms with Gasteiger partial charge < -0.3 is 10.6 Å². The summed E-state index contributed by atoms with van der Waals surface area (Å²) in [5, 5.41) is 0.446. The minimum Gasteiger partial charge on any atom is -0.338 e. The number of rotatable bonds is 5. The van der Waals surface area contributed by atoms with Gasteiger partial charge in [-0.2, -0.15) is 0 Å². The minimum absolute atomic E-state index is 0.126. The highest BCUT2D eigenvalue weighted by atomic mass is 32.2. The van der Waals surface area contributed by atoms with Crippen LogP contribution in [-0.4, -0.2) is 35.7 Å². The van der Waals surface area contributed by atoms with Gasteiger partial charge >= 0.3 is 0 Å². The van der Waals surface area contributed by atoms with Crippen LogP contribution in [0.4, 0.5) is 0 Å². The molecular formula is C21H26N2OS. The smallest absolute Gasteiger partial charge is 0.255 e. The molecule has 25 heavy (non-hydrogen) atoms. The Kier molecular flexibility index (Phi) is 5.82. The number of carbonyl (C=O) groups is 1. The molecule has 0 aromatic heterocycles. The van der Waals surface area contributed by atoms with Crippen molar-refractivity contribution < 1.29 is 4.79 Å². The Bertz CT molecular complexity index is 717. The van der Waals surface area contributed by atoms with Crippen LogP contribution in [0.5, 0.6) is 0 Å². The van der Waals surface area contributed by atoms with Crippen LogP contribution in [0.3, 0.4) is 0 Å². The summed E-state index contributed by atoms with van der Waals surface area (Å²) in [5.41, 5.74) is 8.10. The lowest BCUT2D eigenvalue weighted by Crippen LogP contribution is -2.30. The monoisotopic (exact) mass is 354 g/mol. The largest absolute Gasteiger partial charge is 0.338 e. The van der Waals surface area contributed by atoms with Gasteiger partial charge in [0.2, 0.25) is 0 Å². The molecular weight excluding hydrogens is 328 g/mol. The summed E-state index contributed by atoms with van der Waals surface area (Å²) in [4.78, 5) is 16.2. The summed E-state index contributed by atoms with van der Waals surface area (Å²) < 4.78 is 0. The highest BCUT2D eigenvalue weighted by Crippen LogP contribution is 2.34. The van der Waals surface area contributed by atoms with Crippen LogP contribution >= 0.6 is 11.8 Å². The molecule has 0 saturated carbocycles. The van der Waals surface area contributed by atoms with Crippen LogP contribution in [-0.2, 0) is 0 Å². The van der Waals surface area contributed by atoms with E-state index < -0.39 is 0 Å². The molecule has 0 radical (unpaired) electrons. The van der Waals surface area contributed by atoms with Crippen molar-refractivity contribution in [1.29, 1.82) is 0 Å². The Morgan fingerprint density at radius 3 is 2.48 bits per heavy atom. The van der Waals surface area contributed by atoms with Gasteiger partial charge in [-0.3, -0.25) is 4.79 Å². The number of nitrogens with two attached hydrogens (primary N) is 1. The average molecular weight is 355 g/mol. The Balaban J connectivity index is 1.82. The third-order valence-corrected chi connectivity index (χ3v) is 5.82. The molecule has 1 heterocycles. The molecule has 4 heteroatoms. The molecule has 0 unspecified atom stereocenters. The predicted octanol–water partition coefficient (Wildman–Crippen LogP) is 4.00. The molecule has 0 spiro atoms. The van der Waals surface area contributed by atoms with Crippen molar-refractivity contribution in [3.63, 3.8) is 0 Å². The summed E-state index contributed by atoms with van der Waals surface area (Å²) in [6.45, 7) is 6.38. The fraction of sp³-hybridized carbons (Fsp3) is 0.381. The number of hydrogen-bond donors (Lipinski definition) is 1. The van der Waals surface area contributed by atoms with Gasteiger partial charge in [0, 0.05) is 29.2 Å². The first-order valence-electron chi connectivity index (χ1n) is 8.90. The molecule has 1 amide bonds. The normalized spacial score (nSPS) is 20.2. The lowest BCUT2D eigenvalue weighted by atomic mass is 9.89. The van der Waals surface area contributed by atoms with E-state index in [0.29, 0.717) is 23.6 Å². The van der Waals surface area contributed by atoms with Gasteiger partial charge in [-0.1, -0.05) is 56.3 Å². The van der Waals surface area contributed by atoms with E-state index in [2.05, 4.69) is 38.1 Å². The number of thioether (sulfide) groups is 1. The van der Waals surface area contributed by atoms with Crippen molar-refractivity contribution >= 4 is 17.7 Å². The van der Waals surface area contributed by atoms with Crippen molar-refractivity contribution in [2.24, 2.45) is 11.7 Å². The quantitative estimate of drug-likeness (QED) is 0.826. The average Bonchev–Trinajstić information content (AvgIpc) is 3.06. The van der Waals surface area contributed by atoms with E-state index in [-0.39, 0.29) is 5.91 Å². The molecule has 0 aliphatic carbocycles. The summed E-state index contributed by atoms with van der Waals surface area (Å²) >= 11 is 1.74. The topological polar surface area (TPSA) is 46.3 Å². The highest BCUT2D eigenvalue weighted by molar-refractivity contribution is 8.00. The van der Waals surface area contributed by atoms with Crippen molar-refractivity contribution in [3.8, 4) is 0 Å². The fourth-order valence-electron chi connectivity index (χ4n) is 3.52. The van der Waals surface area contributed by atoms with Crippen LogP contribution in [0.2, 0.25) is 0 Å². The fourth-order valence-corrected chi connectivity index (χ4v) is 4.47. The van der Waals surface area contributed by atoms with Crippen LogP contribution < -0.4 is 5.73 Å². The zero-order chi connectivity index (χ0) is 17.8. The lowest BCUT2D eigenvalue weighted by Gasteiger charge is -2.19. The maximum Gasteiger partial charge on any atom is 0.255 e. The number of benzene rings is 2. The molecule has 2 aromatic rings. The molecule has 1 fully saturated rings. The van der Waals surface area contributed by atoms with Crippen molar-refractivity contribution in [2.75, 3.05) is 19.6 Å². The molecule has 2 atom stereocenters. The summed E-state index contributed by atoms with van der Waals surface area (Å²) in [5.74, 6) is 0.761. The van der Waals surface area contributed by atoms with Gasteiger partial charge in [-0.05, 0) is 30.2 Å². The van der Waals surface area contributed by atoms with Gasteiger partial charge in [0.05, 0.1) is 5.56 Å². The second kappa shape index (κ2) is 8.07.